The van der Waals surface area contributed by atoms with Crippen molar-refractivity contribution in [2.75, 3.05) is 13.1 Å². The first-order valence-electron chi connectivity index (χ1n) is 5.27. The van der Waals surface area contributed by atoms with Crippen molar-refractivity contribution in [1.82, 2.24) is 9.71 Å². The zero-order chi connectivity index (χ0) is 13.2. The average Bonchev–Trinajstić information content (AvgIpc) is 2.35. The summed E-state index contributed by atoms with van der Waals surface area (Å²) in [7, 11) is -3.56. The van der Waals surface area contributed by atoms with E-state index in [0.29, 0.717) is 9.86 Å². The number of rotatable bonds is 4. The number of aromatic nitrogens is 1. The zero-order valence-electron chi connectivity index (χ0n) is 13.2. The van der Waals surface area contributed by atoms with Crippen LogP contribution in [0.1, 0.15) is 1.43 Å². The third-order valence-electron chi connectivity index (χ3n) is 2.41. The molecule has 1 aromatic heterocycles. The van der Waals surface area contributed by atoms with Gasteiger partial charge in [-0.1, -0.05) is 15.9 Å². The molecule has 0 bridgehead atoms. The monoisotopic (exact) mass is 447 g/mol. The Morgan fingerprint density at radius 3 is 2.55 bits per heavy atom. The van der Waals surface area contributed by atoms with Crippen LogP contribution in [0.3, 0.4) is 0 Å². The second-order valence-corrected chi connectivity index (χ2v) is 6.34. The van der Waals surface area contributed by atoms with Gasteiger partial charge >= 0.3 is 59.1 Å². The van der Waals surface area contributed by atoms with Crippen LogP contribution in [-0.4, -0.2) is 26.5 Å². The summed E-state index contributed by atoms with van der Waals surface area (Å²) in [5.41, 5.74) is 5.31. The van der Waals surface area contributed by atoms with Gasteiger partial charge in [0.15, 0.2) is 0 Å². The third-order valence-corrected chi connectivity index (χ3v) is 4.36. The van der Waals surface area contributed by atoms with E-state index < -0.39 is 10.0 Å². The molecule has 0 fully saturated rings. The van der Waals surface area contributed by atoms with Crippen LogP contribution in [0, 0.1) is 0 Å². The molecular weight excluding hydrogens is 435 g/mol. The minimum absolute atomic E-state index is 0. The summed E-state index contributed by atoms with van der Waals surface area (Å²) in [6.45, 7) is 0.466. The molecule has 2 rings (SSSR count). The maximum absolute atomic E-state index is 12.1. The molecule has 114 valence electrons. The van der Waals surface area contributed by atoms with Gasteiger partial charge in [0.1, 0.15) is 0 Å². The van der Waals surface area contributed by atoms with E-state index in [0.717, 1.165) is 5.39 Å². The van der Waals surface area contributed by atoms with E-state index in [1.807, 2.05) is 6.07 Å². The molecule has 1 heterocycles. The summed E-state index contributed by atoms with van der Waals surface area (Å²) < 4.78 is 27.4. The van der Waals surface area contributed by atoms with Crippen LogP contribution in [-0.2, 0) is 10.0 Å². The van der Waals surface area contributed by atoms with Crippen LogP contribution in [0.15, 0.2) is 40.0 Å². The van der Waals surface area contributed by atoms with Gasteiger partial charge in [-0.05, 0) is 18.2 Å². The molecule has 22 heavy (non-hydrogen) atoms. The molecule has 11 heteroatoms. The van der Waals surface area contributed by atoms with Crippen LogP contribution in [0.25, 0.3) is 10.8 Å². The van der Waals surface area contributed by atoms with E-state index in [1.54, 1.807) is 24.5 Å². The molecule has 0 saturated heterocycles. The Hall–Kier alpha value is 1.56. The molecule has 0 aliphatic rings. The number of halogens is 3. The summed E-state index contributed by atoms with van der Waals surface area (Å²) in [6.07, 6.45) is 3.19. The van der Waals surface area contributed by atoms with E-state index in [4.69, 9.17) is 5.73 Å². The van der Waals surface area contributed by atoms with Crippen molar-refractivity contribution in [3.63, 3.8) is 0 Å². The summed E-state index contributed by atoms with van der Waals surface area (Å²) in [5.74, 6) is 0. The number of pyridine rings is 1. The predicted molar refractivity (Wildman–Crippen MR) is 82.0 cm³/mol. The fourth-order valence-corrected chi connectivity index (χ4v) is 3.56. The van der Waals surface area contributed by atoms with Crippen molar-refractivity contribution < 1.29 is 81.4 Å². The van der Waals surface area contributed by atoms with Crippen LogP contribution in [0.4, 0.5) is 0 Å². The van der Waals surface area contributed by atoms with Crippen LogP contribution in [0.5, 0.6) is 0 Å². The Bertz CT molecular complexity index is 698. The minimum Gasteiger partial charge on any atom is -1.00 e. The molecule has 3 N–H and O–H groups in total. The van der Waals surface area contributed by atoms with Crippen LogP contribution in [0.2, 0.25) is 0 Å². The number of nitrogens with two attached hydrogens (primary N) is 1. The molecule has 0 unspecified atom stereocenters. The first-order valence-corrected chi connectivity index (χ1v) is 7.55. The maximum Gasteiger partial charge on any atom is 1.00 e. The molecule has 0 saturated carbocycles. The van der Waals surface area contributed by atoms with Crippen molar-refractivity contribution in [2.24, 2.45) is 5.73 Å². The van der Waals surface area contributed by atoms with Gasteiger partial charge in [-0.25, -0.2) is 13.1 Å². The molecule has 5 nitrogen and oxygen atoms in total. The third kappa shape index (κ3) is 7.21. The number of nitrogens with one attached hydrogen (secondary N) is 1. The van der Waals surface area contributed by atoms with Gasteiger partial charge in [0.2, 0.25) is 10.0 Å². The van der Waals surface area contributed by atoms with Gasteiger partial charge in [-0.3, -0.25) is 4.98 Å². The number of benzene rings is 1. The first kappa shape index (κ1) is 28.4. The Balaban J connectivity index is -0.000000361. The SMILES string of the molecule is Cl.NCCNS(=O)(=O)c1cc(Br)cc2cnccc12.[Cl-].[H-].[Na+].[Na+]. The molecule has 0 radical (unpaired) electrons. The summed E-state index contributed by atoms with van der Waals surface area (Å²) in [5, 5.41) is 1.40. The average molecular weight is 449 g/mol. The molecule has 0 amide bonds. The van der Waals surface area contributed by atoms with Crippen molar-refractivity contribution in [3.8, 4) is 0 Å². The smallest absolute Gasteiger partial charge is 1.00 e. The van der Waals surface area contributed by atoms with Gasteiger partial charge in [0, 0.05) is 40.7 Å². The first-order chi connectivity index (χ1) is 8.54. The fourth-order valence-electron chi connectivity index (χ4n) is 1.63. The fraction of sp³-hybridized carbons (Fsp3) is 0.182. The summed E-state index contributed by atoms with van der Waals surface area (Å²) in [6, 6.07) is 5.07. The van der Waals surface area contributed by atoms with Crippen molar-refractivity contribution in [1.29, 1.82) is 0 Å². The number of hydrogen-bond donors (Lipinski definition) is 2. The molecule has 0 aliphatic carbocycles. The molecule has 2 aromatic rings. The normalized spacial score (nSPS) is 9.73. The zero-order valence-corrected chi connectivity index (χ0v) is 20.2. The van der Waals surface area contributed by atoms with Gasteiger partial charge < -0.3 is 19.6 Å². The second-order valence-electron chi connectivity index (χ2n) is 3.69. The number of hydrogen-bond acceptors (Lipinski definition) is 4. The van der Waals surface area contributed by atoms with Crippen LogP contribution >= 0.6 is 28.3 Å². The minimum atomic E-state index is -3.56. The van der Waals surface area contributed by atoms with E-state index in [2.05, 4.69) is 25.6 Å². The van der Waals surface area contributed by atoms with E-state index in [9.17, 15) is 8.42 Å². The molecule has 1 aromatic carbocycles. The summed E-state index contributed by atoms with van der Waals surface area (Å²) >= 11 is 3.30. The number of nitrogens with zero attached hydrogens (tertiary/aromatic N) is 1. The molecule has 0 aliphatic heterocycles. The predicted octanol–water partition coefficient (Wildman–Crippen LogP) is -7.22. The molecular formula is C11H14BrCl2N3Na2O2S. The Labute approximate surface area is 196 Å². The van der Waals surface area contributed by atoms with Gasteiger partial charge in [-0.2, -0.15) is 0 Å². The Morgan fingerprint density at radius 1 is 1.32 bits per heavy atom. The standard InChI is InChI=1S/C11H12BrN3O2S.2ClH.2Na.H/c12-9-5-8-7-14-3-1-10(8)11(6-9)18(16,17)15-4-2-13;;;;;/h1,3,5-7,15H,2,4,13H2;2*1H;;;/q;;;2*+1;-1/p-1. The van der Waals surface area contributed by atoms with Crippen molar-refractivity contribution >= 4 is 49.1 Å². The van der Waals surface area contributed by atoms with Crippen molar-refractivity contribution in [3.05, 3.63) is 35.1 Å². The van der Waals surface area contributed by atoms with E-state index in [-0.39, 0.29) is 103 Å². The van der Waals surface area contributed by atoms with Gasteiger partial charge in [-0.15, -0.1) is 12.4 Å². The quantitative estimate of drug-likeness (QED) is 0.455. The largest absolute Gasteiger partial charge is 1.00 e. The molecule has 0 spiro atoms. The van der Waals surface area contributed by atoms with E-state index >= 15 is 0 Å². The number of sulfonamides is 1. The topological polar surface area (TPSA) is 85.1 Å². The van der Waals surface area contributed by atoms with E-state index in [1.165, 1.54) is 0 Å². The summed E-state index contributed by atoms with van der Waals surface area (Å²) in [4.78, 5) is 4.21. The van der Waals surface area contributed by atoms with Gasteiger partial charge in [0.05, 0.1) is 4.90 Å². The number of fused-ring (bicyclic) bond motifs is 1. The second kappa shape index (κ2) is 12.9. The van der Waals surface area contributed by atoms with Crippen molar-refractivity contribution in [2.45, 2.75) is 4.90 Å². The Morgan fingerprint density at radius 2 is 1.95 bits per heavy atom. The van der Waals surface area contributed by atoms with Gasteiger partial charge in [0.25, 0.3) is 0 Å². The maximum atomic E-state index is 12.1. The Kier molecular flexibility index (Phi) is 16.6. The van der Waals surface area contributed by atoms with Crippen LogP contribution < -0.4 is 82.0 Å². The molecule has 0 atom stereocenters.